The van der Waals surface area contributed by atoms with Crippen molar-refractivity contribution in [1.29, 1.82) is 0 Å². The zero-order valence-electron chi connectivity index (χ0n) is 11.4. The summed E-state index contributed by atoms with van der Waals surface area (Å²) in [5, 5.41) is 3.62. The summed E-state index contributed by atoms with van der Waals surface area (Å²) < 4.78 is 25.8. The first-order valence-electron chi connectivity index (χ1n) is 6.27. The van der Waals surface area contributed by atoms with E-state index in [1.807, 2.05) is 34.4 Å². The molecular formula is C14H13ClN2O2S2. The number of halogens is 1. The van der Waals surface area contributed by atoms with E-state index >= 15 is 0 Å². The first-order chi connectivity index (χ1) is 9.89. The summed E-state index contributed by atoms with van der Waals surface area (Å²) in [6.07, 6.45) is 1.19. The van der Waals surface area contributed by atoms with Gasteiger partial charge in [-0.05, 0) is 30.5 Å². The Bertz CT molecular complexity index is 897. The van der Waals surface area contributed by atoms with Crippen molar-refractivity contribution in [3.05, 3.63) is 40.8 Å². The summed E-state index contributed by atoms with van der Waals surface area (Å²) in [6, 6.07) is 7.12. The summed E-state index contributed by atoms with van der Waals surface area (Å²) >= 11 is 7.80. The summed E-state index contributed by atoms with van der Waals surface area (Å²) in [4.78, 5) is 4.72. The third-order valence-electron chi connectivity index (χ3n) is 3.19. The van der Waals surface area contributed by atoms with E-state index in [4.69, 9.17) is 11.6 Å². The number of para-hydroxylation sites is 1. The molecule has 2 aromatic heterocycles. The molecule has 4 nitrogen and oxygen atoms in total. The van der Waals surface area contributed by atoms with Crippen LogP contribution in [0.25, 0.3) is 16.7 Å². The molecule has 2 heterocycles. The lowest BCUT2D eigenvalue weighted by Gasteiger charge is -2.08. The topological polar surface area (TPSA) is 52.0 Å². The number of aromatic nitrogens is 2. The van der Waals surface area contributed by atoms with Gasteiger partial charge < -0.3 is 0 Å². The number of thiophene rings is 1. The van der Waals surface area contributed by atoms with Crippen molar-refractivity contribution < 1.29 is 8.42 Å². The zero-order chi connectivity index (χ0) is 15.2. The van der Waals surface area contributed by atoms with Gasteiger partial charge in [0.25, 0.3) is 0 Å². The minimum absolute atomic E-state index is 0.229. The highest BCUT2D eigenvalue weighted by molar-refractivity contribution is 7.91. The average molecular weight is 341 g/mol. The summed E-state index contributed by atoms with van der Waals surface area (Å²) in [6.45, 7) is 1.83. The number of alkyl halides is 1. The smallest absolute Gasteiger partial charge is 0.177 e. The average Bonchev–Trinajstić information content (AvgIpc) is 3.03. The molecule has 0 bridgehead atoms. The first kappa shape index (κ1) is 14.6. The molecule has 0 saturated carbocycles. The van der Waals surface area contributed by atoms with Gasteiger partial charge in [0.1, 0.15) is 11.3 Å². The van der Waals surface area contributed by atoms with Gasteiger partial charge >= 0.3 is 0 Å². The van der Waals surface area contributed by atoms with E-state index in [9.17, 15) is 8.42 Å². The molecule has 0 N–H and O–H groups in total. The Balaban J connectivity index is 2.44. The summed E-state index contributed by atoms with van der Waals surface area (Å²) in [5.41, 5.74) is 2.16. The van der Waals surface area contributed by atoms with Gasteiger partial charge in [-0.2, -0.15) is 11.3 Å². The molecule has 21 heavy (non-hydrogen) atoms. The second-order valence-electron chi connectivity index (χ2n) is 4.80. The van der Waals surface area contributed by atoms with Crippen LogP contribution in [0.4, 0.5) is 0 Å². The number of imidazole rings is 1. The maximum absolute atomic E-state index is 11.9. The van der Waals surface area contributed by atoms with Gasteiger partial charge in [0.05, 0.1) is 21.5 Å². The largest absolute Gasteiger partial charge is 0.294 e. The van der Waals surface area contributed by atoms with E-state index in [-0.39, 0.29) is 10.3 Å². The van der Waals surface area contributed by atoms with Crippen LogP contribution in [0.1, 0.15) is 18.1 Å². The van der Waals surface area contributed by atoms with Crippen molar-refractivity contribution in [3.63, 3.8) is 0 Å². The normalized spacial score (nSPS) is 13.7. The quantitative estimate of drug-likeness (QED) is 0.681. The van der Waals surface area contributed by atoms with Crippen LogP contribution < -0.4 is 0 Å². The van der Waals surface area contributed by atoms with E-state index < -0.39 is 9.84 Å². The van der Waals surface area contributed by atoms with Crippen LogP contribution in [0.2, 0.25) is 0 Å². The van der Waals surface area contributed by atoms with Crippen LogP contribution in [0, 0.1) is 0 Å². The predicted molar refractivity (Wildman–Crippen MR) is 86.3 cm³/mol. The molecule has 0 aliphatic heterocycles. The third kappa shape index (κ3) is 2.47. The van der Waals surface area contributed by atoms with Gasteiger partial charge in [0, 0.05) is 11.6 Å². The Hall–Kier alpha value is -1.37. The van der Waals surface area contributed by atoms with Crippen LogP contribution in [0.3, 0.4) is 0 Å². The number of benzene rings is 1. The SMILES string of the molecule is CC(Cl)c1nc2c(S(C)(=O)=O)cccc2n1-c1ccsc1. The number of rotatable bonds is 3. The van der Waals surface area contributed by atoms with Gasteiger partial charge in [-0.25, -0.2) is 13.4 Å². The Kier molecular flexibility index (Phi) is 3.55. The number of hydrogen-bond donors (Lipinski definition) is 0. The molecular weight excluding hydrogens is 328 g/mol. The summed E-state index contributed by atoms with van der Waals surface area (Å²) in [5.74, 6) is 0.640. The minimum Gasteiger partial charge on any atom is -0.294 e. The summed E-state index contributed by atoms with van der Waals surface area (Å²) in [7, 11) is -3.34. The molecule has 0 saturated heterocycles. The van der Waals surface area contributed by atoms with Gasteiger partial charge in [-0.1, -0.05) is 6.07 Å². The fraction of sp³-hybridized carbons (Fsp3) is 0.214. The van der Waals surface area contributed by atoms with Gasteiger partial charge in [-0.3, -0.25) is 4.57 Å². The molecule has 0 amide bonds. The lowest BCUT2D eigenvalue weighted by Crippen LogP contribution is -2.00. The fourth-order valence-corrected chi connectivity index (χ4v) is 3.91. The molecule has 1 atom stereocenters. The van der Waals surface area contributed by atoms with Crippen LogP contribution in [-0.2, 0) is 9.84 Å². The van der Waals surface area contributed by atoms with E-state index in [1.54, 1.807) is 23.5 Å². The van der Waals surface area contributed by atoms with Crippen molar-refractivity contribution in [2.24, 2.45) is 0 Å². The molecule has 0 radical (unpaired) electrons. The Morgan fingerprint density at radius 1 is 1.33 bits per heavy atom. The highest BCUT2D eigenvalue weighted by Crippen LogP contribution is 2.31. The van der Waals surface area contributed by atoms with Crippen molar-refractivity contribution >= 4 is 43.8 Å². The maximum Gasteiger partial charge on any atom is 0.177 e. The van der Waals surface area contributed by atoms with Crippen LogP contribution in [0.15, 0.2) is 39.9 Å². The molecule has 3 rings (SSSR count). The van der Waals surface area contributed by atoms with Gasteiger partial charge in [0.15, 0.2) is 9.84 Å². The van der Waals surface area contributed by atoms with Crippen LogP contribution in [0.5, 0.6) is 0 Å². The first-order valence-corrected chi connectivity index (χ1v) is 9.54. The molecule has 1 aromatic carbocycles. The van der Waals surface area contributed by atoms with Crippen molar-refractivity contribution in [1.82, 2.24) is 9.55 Å². The van der Waals surface area contributed by atoms with Crippen molar-refractivity contribution in [2.45, 2.75) is 17.2 Å². The predicted octanol–water partition coefficient (Wildman–Crippen LogP) is 3.79. The van der Waals surface area contributed by atoms with E-state index in [0.29, 0.717) is 11.3 Å². The number of sulfone groups is 1. The highest BCUT2D eigenvalue weighted by atomic mass is 35.5. The Morgan fingerprint density at radius 2 is 2.10 bits per heavy atom. The molecule has 110 valence electrons. The fourth-order valence-electron chi connectivity index (χ4n) is 2.31. The third-order valence-corrected chi connectivity index (χ3v) is 5.19. The number of nitrogens with zero attached hydrogens (tertiary/aromatic N) is 2. The van der Waals surface area contributed by atoms with E-state index in [2.05, 4.69) is 4.98 Å². The minimum atomic E-state index is -3.34. The lowest BCUT2D eigenvalue weighted by molar-refractivity contribution is 0.602. The lowest BCUT2D eigenvalue weighted by atomic mass is 10.3. The molecule has 3 aromatic rings. The number of hydrogen-bond acceptors (Lipinski definition) is 4. The highest BCUT2D eigenvalue weighted by Gasteiger charge is 2.21. The Morgan fingerprint density at radius 3 is 2.67 bits per heavy atom. The second kappa shape index (κ2) is 5.12. The van der Waals surface area contributed by atoms with Crippen molar-refractivity contribution in [2.75, 3.05) is 6.26 Å². The molecule has 0 fully saturated rings. The van der Waals surface area contributed by atoms with Crippen LogP contribution in [-0.4, -0.2) is 24.2 Å². The van der Waals surface area contributed by atoms with Crippen LogP contribution >= 0.6 is 22.9 Å². The van der Waals surface area contributed by atoms with E-state index in [0.717, 1.165) is 11.2 Å². The maximum atomic E-state index is 11.9. The second-order valence-corrected chi connectivity index (χ2v) is 8.22. The van der Waals surface area contributed by atoms with E-state index in [1.165, 1.54) is 6.26 Å². The molecule has 1 unspecified atom stereocenters. The standard InChI is InChI=1S/C14H13ClN2O2S2/c1-9(15)14-16-13-11(17(14)10-6-7-20-8-10)4-3-5-12(13)21(2,18)19/h3-9H,1-2H3. The monoisotopic (exact) mass is 340 g/mol. The Labute approximate surface area is 131 Å². The molecule has 7 heteroatoms. The van der Waals surface area contributed by atoms with Gasteiger partial charge in [-0.15, -0.1) is 11.6 Å². The molecule has 0 aliphatic rings. The zero-order valence-corrected chi connectivity index (χ0v) is 13.8. The van der Waals surface area contributed by atoms with Crippen molar-refractivity contribution in [3.8, 4) is 5.69 Å². The number of fused-ring (bicyclic) bond motifs is 1. The van der Waals surface area contributed by atoms with Gasteiger partial charge in [0.2, 0.25) is 0 Å². The molecule has 0 aliphatic carbocycles. The molecule has 0 spiro atoms.